The summed E-state index contributed by atoms with van der Waals surface area (Å²) in [4.78, 5) is 12.3. The molecule has 4 nitrogen and oxygen atoms in total. The van der Waals surface area contributed by atoms with Crippen molar-refractivity contribution in [3.05, 3.63) is 102 Å². The van der Waals surface area contributed by atoms with E-state index in [0.717, 1.165) is 41.7 Å². The van der Waals surface area contributed by atoms with Gasteiger partial charge in [0, 0.05) is 17.3 Å². The van der Waals surface area contributed by atoms with Gasteiger partial charge < -0.3 is 4.74 Å². The zero-order valence-corrected chi connectivity index (χ0v) is 17.4. The third kappa shape index (κ3) is 5.70. The largest absolute Gasteiger partial charge is 0.488 e. The van der Waals surface area contributed by atoms with Gasteiger partial charge in [-0.15, -0.1) is 0 Å². The quantitative estimate of drug-likeness (QED) is 0.295. The van der Waals surface area contributed by atoms with Crippen LogP contribution in [0.5, 0.6) is 5.75 Å². The molecule has 1 aliphatic carbocycles. The van der Waals surface area contributed by atoms with Gasteiger partial charge in [-0.1, -0.05) is 72.8 Å². The highest BCUT2D eigenvalue weighted by molar-refractivity contribution is 5.94. The Hall–Kier alpha value is -3.66. The molecule has 1 unspecified atom stereocenters. The van der Waals surface area contributed by atoms with Crippen LogP contribution >= 0.6 is 0 Å². The van der Waals surface area contributed by atoms with Crippen molar-refractivity contribution >= 4 is 12.1 Å². The number of amides is 1. The number of allylic oxidation sites excluding steroid dienone is 2. The average Bonchev–Trinajstić information content (AvgIpc) is 2.84. The lowest BCUT2D eigenvalue weighted by Gasteiger charge is -2.12. The molecule has 4 heteroatoms. The number of para-hydroxylation sites is 1. The summed E-state index contributed by atoms with van der Waals surface area (Å²) in [6.45, 7) is 0.430. The summed E-state index contributed by atoms with van der Waals surface area (Å²) < 4.78 is 6.08. The van der Waals surface area contributed by atoms with Crippen LogP contribution in [0.15, 0.2) is 96.1 Å². The average molecular weight is 411 g/mol. The van der Waals surface area contributed by atoms with E-state index in [2.05, 4.69) is 40.9 Å². The number of benzene rings is 3. The lowest BCUT2D eigenvalue weighted by molar-refractivity contribution is 0.0955. The number of hydrazone groups is 1. The van der Waals surface area contributed by atoms with Gasteiger partial charge in [-0.3, -0.25) is 4.79 Å². The summed E-state index contributed by atoms with van der Waals surface area (Å²) in [5.41, 5.74) is 6.38. The minimum atomic E-state index is -0.204. The number of hydrogen-bond donors (Lipinski definition) is 1. The van der Waals surface area contributed by atoms with Crippen LogP contribution in [0.1, 0.15) is 35.2 Å². The zero-order valence-electron chi connectivity index (χ0n) is 17.4. The summed E-state index contributed by atoms with van der Waals surface area (Å²) in [6.07, 6.45) is 9.34. The van der Waals surface area contributed by atoms with Crippen LogP contribution in [0.25, 0.3) is 11.1 Å². The fourth-order valence-electron chi connectivity index (χ4n) is 3.58. The second kappa shape index (κ2) is 10.4. The minimum Gasteiger partial charge on any atom is -0.488 e. The van der Waals surface area contributed by atoms with E-state index in [1.165, 1.54) is 0 Å². The van der Waals surface area contributed by atoms with Gasteiger partial charge >= 0.3 is 0 Å². The number of carbonyl (C=O) groups excluding carboxylic acids is 1. The van der Waals surface area contributed by atoms with Crippen molar-refractivity contribution in [3.8, 4) is 16.9 Å². The normalized spacial score (nSPS) is 15.7. The Morgan fingerprint density at radius 2 is 1.74 bits per heavy atom. The lowest BCUT2D eigenvalue weighted by Crippen LogP contribution is -2.18. The highest BCUT2D eigenvalue weighted by Gasteiger charge is 2.09. The van der Waals surface area contributed by atoms with Gasteiger partial charge in [0.15, 0.2) is 0 Å². The Morgan fingerprint density at radius 3 is 2.52 bits per heavy atom. The minimum absolute atomic E-state index is 0.204. The van der Waals surface area contributed by atoms with E-state index < -0.39 is 0 Å². The molecule has 0 fully saturated rings. The Bertz CT molecular complexity index is 1060. The molecule has 4 rings (SSSR count). The molecule has 31 heavy (non-hydrogen) atoms. The lowest BCUT2D eigenvalue weighted by atomic mass is 9.96. The third-order valence-electron chi connectivity index (χ3n) is 5.34. The predicted octanol–water partition coefficient (Wildman–Crippen LogP) is 6.00. The van der Waals surface area contributed by atoms with Crippen molar-refractivity contribution < 1.29 is 9.53 Å². The maximum atomic E-state index is 12.3. The number of nitrogens with one attached hydrogen (secondary N) is 1. The van der Waals surface area contributed by atoms with E-state index in [4.69, 9.17) is 4.74 Å². The van der Waals surface area contributed by atoms with Gasteiger partial charge in [-0.2, -0.15) is 5.10 Å². The molecule has 1 N–H and O–H groups in total. The molecule has 3 aromatic rings. The number of carbonyl (C=O) groups is 1. The number of nitrogens with zero attached hydrogens (tertiary/aromatic N) is 1. The van der Waals surface area contributed by atoms with E-state index in [-0.39, 0.29) is 5.91 Å². The molecule has 1 atom stereocenters. The van der Waals surface area contributed by atoms with Crippen molar-refractivity contribution in [1.29, 1.82) is 0 Å². The topological polar surface area (TPSA) is 50.7 Å². The van der Waals surface area contributed by atoms with Crippen LogP contribution in [0, 0.1) is 5.92 Å². The van der Waals surface area contributed by atoms with Gasteiger partial charge in [0.2, 0.25) is 0 Å². The van der Waals surface area contributed by atoms with Crippen molar-refractivity contribution in [2.75, 3.05) is 0 Å². The van der Waals surface area contributed by atoms with Gasteiger partial charge in [0.25, 0.3) is 5.91 Å². The monoisotopic (exact) mass is 410 g/mol. The molecule has 1 amide bonds. The molecule has 3 aromatic carbocycles. The van der Waals surface area contributed by atoms with E-state index in [9.17, 15) is 4.79 Å². The molecule has 0 spiro atoms. The van der Waals surface area contributed by atoms with E-state index in [0.29, 0.717) is 18.1 Å². The first kappa shape index (κ1) is 20.6. The van der Waals surface area contributed by atoms with Crippen LogP contribution in [0.4, 0.5) is 0 Å². The highest BCUT2D eigenvalue weighted by atomic mass is 16.5. The maximum Gasteiger partial charge on any atom is 0.271 e. The van der Waals surface area contributed by atoms with Gasteiger partial charge in [-0.25, -0.2) is 5.43 Å². The number of rotatable bonds is 7. The fraction of sp³-hybridized carbons (Fsp3) is 0.185. The van der Waals surface area contributed by atoms with Gasteiger partial charge in [0.1, 0.15) is 12.4 Å². The Balaban J connectivity index is 1.34. The summed E-state index contributed by atoms with van der Waals surface area (Å²) >= 11 is 0. The summed E-state index contributed by atoms with van der Waals surface area (Å²) in [5, 5.41) is 4.13. The summed E-state index contributed by atoms with van der Waals surface area (Å²) in [5.74, 6) is 1.04. The molecule has 0 heterocycles. The second-order valence-electron chi connectivity index (χ2n) is 7.61. The number of hydrogen-bond acceptors (Lipinski definition) is 3. The van der Waals surface area contributed by atoms with Crippen molar-refractivity contribution in [3.63, 3.8) is 0 Å². The Labute approximate surface area is 183 Å². The first-order valence-electron chi connectivity index (χ1n) is 10.6. The molecular weight excluding hydrogens is 384 g/mol. The van der Waals surface area contributed by atoms with E-state index >= 15 is 0 Å². The molecule has 0 bridgehead atoms. The molecule has 1 aliphatic rings. The van der Waals surface area contributed by atoms with E-state index in [1.54, 1.807) is 12.1 Å². The standard InChI is InChI=1S/C27H26N2O2/c30-27(29-28-19-21-9-3-1-4-10-21)24-17-15-22(16-18-24)20-31-26-14-8-7-13-25(26)23-11-5-2-6-12-23/h1-3,5-8,11-19,21H,4,9-10,20H2,(H,29,30)/b28-19+. The number of ether oxygens (including phenoxy) is 1. The Kier molecular flexibility index (Phi) is 6.91. The first-order valence-corrected chi connectivity index (χ1v) is 10.6. The highest BCUT2D eigenvalue weighted by Crippen LogP contribution is 2.30. The smallest absolute Gasteiger partial charge is 0.271 e. The molecule has 156 valence electrons. The molecule has 0 saturated heterocycles. The molecular formula is C27H26N2O2. The van der Waals surface area contributed by atoms with Gasteiger partial charge in [0.05, 0.1) is 0 Å². The predicted molar refractivity (Wildman–Crippen MR) is 125 cm³/mol. The molecule has 0 aliphatic heterocycles. The van der Waals surface area contributed by atoms with Crippen molar-refractivity contribution in [2.45, 2.75) is 25.9 Å². The van der Waals surface area contributed by atoms with E-state index in [1.807, 2.05) is 54.7 Å². The summed E-state index contributed by atoms with van der Waals surface area (Å²) in [6, 6.07) is 25.6. The van der Waals surface area contributed by atoms with Crippen molar-refractivity contribution in [1.82, 2.24) is 5.43 Å². The first-order chi connectivity index (χ1) is 15.3. The van der Waals surface area contributed by atoms with Crippen LogP contribution < -0.4 is 10.2 Å². The SMILES string of the molecule is O=C(N/N=C/C1CC=CCC1)c1ccc(COc2ccccc2-c2ccccc2)cc1. The second-order valence-corrected chi connectivity index (χ2v) is 7.61. The molecule has 0 radical (unpaired) electrons. The summed E-state index contributed by atoms with van der Waals surface area (Å²) in [7, 11) is 0. The van der Waals surface area contributed by atoms with Crippen LogP contribution in [0.3, 0.4) is 0 Å². The third-order valence-corrected chi connectivity index (χ3v) is 5.34. The maximum absolute atomic E-state index is 12.3. The molecule has 0 saturated carbocycles. The zero-order chi connectivity index (χ0) is 21.3. The van der Waals surface area contributed by atoms with Crippen LogP contribution in [-0.4, -0.2) is 12.1 Å². The van der Waals surface area contributed by atoms with Crippen molar-refractivity contribution in [2.24, 2.45) is 11.0 Å². The van der Waals surface area contributed by atoms with Crippen LogP contribution in [-0.2, 0) is 6.61 Å². The molecule has 0 aromatic heterocycles. The fourth-order valence-corrected chi connectivity index (χ4v) is 3.58. The Morgan fingerprint density at radius 1 is 0.968 bits per heavy atom. The van der Waals surface area contributed by atoms with Crippen LogP contribution in [0.2, 0.25) is 0 Å². The van der Waals surface area contributed by atoms with Gasteiger partial charge in [-0.05, 0) is 54.5 Å².